The number of carbonyl (C=O) groups excluding carboxylic acids is 2. The van der Waals surface area contributed by atoms with Gasteiger partial charge in [0.2, 0.25) is 0 Å². The highest BCUT2D eigenvalue weighted by molar-refractivity contribution is 6.19. The van der Waals surface area contributed by atoms with Gasteiger partial charge in [0.05, 0.1) is 30.6 Å². The molecule has 0 saturated carbocycles. The van der Waals surface area contributed by atoms with E-state index in [0.29, 0.717) is 31.1 Å². The van der Waals surface area contributed by atoms with Gasteiger partial charge in [-0.2, -0.15) is 18.3 Å². The molecule has 41 heavy (non-hydrogen) atoms. The van der Waals surface area contributed by atoms with Crippen LogP contribution in [0.15, 0.2) is 30.0 Å². The maximum atomic E-state index is 14.1. The zero-order valence-corrected chi connectivity index (χ0v) is 24.1. The lowest BCUT2D eigenvalue weighted by Gasteiger charge is -2.32. The highest BCUT2D eigenvalue weighted by Gasteiger charge is 2.47. The van der Waals surface area contributed by atoms with E-state index >= 15 is 0 Å². The molecule has 3 heterocycles. The molecule has 1 saturated heterocycles. The van der Waals surface area contributed by atoms with Crippen molar-refractivity contribution in [1.29, 1.82) is 0 Å². The molecule has 1 amide bonds. The third-order valence-corrected chi connectivity index (χ3v) is 7.14. The van der Waals surface area contributed by atoms with Crippen LogP contribution < -0.4 is 4.74 Å². The Morgan fingerprint density at radius 2 is 1.80 bits per heavy atom. The first-order chi connectivity index (χ1) is 19.3. The molecule has 2 aromatic rings. The number of halogens is 3. The molecule has 0 aliphatic carbocycles. The molecule has 1 aromatic heterocycles. The summed E-state index contributed by atoms with van der Waals surface area (Å²) in [6.07, 6.45) is -5.32. The van der Waals surface area contributed by atoms with E-state index < -0.39 is 35.3 Å². The predicted octanol–water partition coefficient (Wildman–Crippen LogP) is 4.65. The average molecular weight is 579 g/mol. The van der Waals surface area contributed by atoms with E-state index in [2.05, 4.69) is 15.1 Å². The molecule has 0 bridgehead atoms. The Morgan fingerprint density at radius 1 is 1.15 bits per heavy atom. The number of alkyl halides is 3. The molecule has 1 N–H and O–H groups in total. The average Bonchev–Trinajstić information content (AvgIpc) is 3.34. The number of nitrogens with one attached hydrogen (secondary N) is 1. The maximum absolute atomic E-state index is 14.1. The van der Waals surface area contributed by atoms with Crippen LogP contribution in [0.1, 0.15) is 68.3 Å². The molecule has 0 unspecified atom stereocenters. The van der Waals surface area contributed by atoms with E-state index in [4.69, 9.17) is 14.2 Å². The van der Waals surface area contributed by atoms with Crippen molar-refractivity contribution in [2.75, 3.05) is 46.0 Å². The van der Waals surface area contributed by atoms with Gasteiger partial charge in [-0.1, -0.05) is 20.8 Å². The lowest BCUT2D eigenvalue weighted by Crippen LogP contribution is -2.40. The van der Waals surface area contributed by atoms with Crippen LogP contribution in [-0.4, -0.2) is 84.0 Å². The largest absolute Gasteiger partial charge is 0.492 e. The molecule has 0 spiro atoms. The van der Waals surface area contributed by atoms with E-state index in [1.165, 1.54) is 4.90 Å². The van der Waals surface area contributed by atoms with Gasteiger partial charge in [-0.15, -0.1) is 0 Å². The second-order valence-corrected chi connectivity index (χ2v) is 11.1. The summed E-state index contributed by atoms with van der Waals surface area (Å²) in [5.41, 5.74) is -2.33. The number of morpholine rings is 1. The lowest BCUT2D eigenvalue weighted by atomic mass is 9.85. The fourth-order valence-corrected chi connectivity index (χ4v) is 5.15. The van der Waals surface area contributed by atoms with Crippen LogP contribution in [0.5, 0.6) is 5.75 Å². The number of amides is 1. The van der Waals surface area contributed by atoms with Crippen molar-refractivity contribution in [2.24, 2.45) is 0 Å². The van der Waals surface area contributed by atoms with Crippen LogP contribution in [-0.2, 0) is 25.9 Å². The van der Waals surface area contributed by atoms with Gasteiger partial charge in [-0.3, -0.25) is 14.8 Å². The van der Waals surface area contributed by atoms with Crippen LogP contribution in [0.2, 0.25) is 0 Å². The van der Waals surface area contributed by atoms with E-state index in [-0.39, 0.29) is 35.5 Å². The van der Waals surface area contributed by atoms with Crippen molar-refractivity contribution in [3.63, 3.8) is 0 Å². The first-order valence-electron chi connectivity index (χ1n) is 13.8. The van der Waals surface area contributed by atoms with Gasteiger partial charge < -0.3 is 19.1 Å². The van der Waals surface area contributed by atoms with Crippen LogP contribution in [0.3, 0.4) is 0 Å². The third-order valence-electron chi connectivity index (χ3n) is 7.14. The number of H-pyrrole nitrogens is 1. The van der Waals surface area contributed by atoms with Gasteiger partial charge in [0.25, 0.3) is 5.91 Å². The number of fused-ring (bicyclic) bond motifs is 1. The molecule has 4 rings (SSSR count). The smallest absolute Gasteiger partial charge is 0.435 e. The minimum absolute atomic E-state index is 0.0117. The molecule has 0 radical (unpaired) electrons. The molecule has 12 heteroatoms. The van der Waals surface area contributed by atoms with Gasteiger partial charge in [0.1, 0.15) is 12.4 Å². The minimum atomic E-state index is -4.83. The van der Waals surface area contributed by atoms with Crippen molar-refractivity contribution >= 4 is 17.4 Å². The van der Waals surface area contributed by atoms with E-state index in [0.717, 1.165) is 19.6 Å². The Hall–Kier alpha value is -3.38. The van der Waals surface area contributed by atoms with E-state index in [1.54, 1.807) is 58.9 Å². The number of allylic oxidation sites excluding steroid dienone is 1. The van der Waals surface area contributed by atoms with E-state index in [1.807, 2.05) is 0 Å². The second kappa shape index (κ2) is 12.2. The summed E-state index contributed by atoms with van der Waals surface area (Å²) in [6, 6.07) is 6.61. The summed E-state index contributed by atoms with van der Waals surface area (Å²) in [5.74, 6) is -0.796. The SMILES string of the molecule is CCC1=C(C(=O)OC(C)C)c2c(C(F)(F)F)n[nH]c2C(C)(C)CN1C(=O)c1ccc(OCCN2CCOCC2)cc1. The Kier molecular flexibility index (Phi) is 9.13. The number of benzene rings is 1. The quantitative estimate of drug-likeness (QED) is 0.456. The van der Waals surface area contributed by atoms with Gasteiger partial charge in [-0.25, -0.2) is 4.79 Å². The normalized spacial score (nSPS) is 17.8. The van der Waals surface area contributed by atoms with Gasteiger partial charge in [0.15, 0.2) is 5.69 Å². The predicted molar refractivity (Wildman–Crippen MR) is 145 cm³/mol. The number of aromatic amines is 1. The summed E-state index contributed by atoms with van der Waals surface area (Å²) in [4.78, 5) is 30.9. The number of esters is 1. The summed E-state index contributed by atoms with van der Waals surface area (Å²) < 4.78 is 59.0. The van der Waals surface area contributed by atoms with Crippen LogP contribution in [0.25, 0.3) is 5.57 Å². The second-order valence-electron chi connectivity index (χ2n) is 11.1. The van der Waals surface area contributed by atoms with Crippen molar-refractivity contribution in [1.82, 2.24) is 20.0 Å². The van der Waals surface area contributed by atoms with Crippen LogP contribution in [0, 0.1) is 0 Å². The number of hydrogen-bond acceptors (Lipinski definition) is 7. The Morgan fingerprint density at radius 3 is 2.39 bits per heavy atom. The van der Waals surface area contributed by atoms with Crippen molar-refractivity contribution in [3.8, 4) is 5.75 Å². The van der Waals surface area contributed by atoms with Crippen molar-refractivity contribution in [2.45, 2.75) is 58.7 Å². The standard InChI is InChI=1S/C29H37F3N4O5/c1-6-21-22(27(38)41-18(2)3)23-24(33-34-25(23)29(30,31)32)28(4,5)17-36(21)26(37)19-7-9-20(10-8-19)40-16-13-35-11-14-39-15-12-35/h7-10,18H,6,11-17H2,1-5H3,(H,33,34). The monoisotopic (exact) mass is 578 g/mol. The molecular weight excluding hydrogens is 541 g/mol. The fraction of sp³-hybridized carbons (Fsp3) is 0.552. The van der Waals surface area contributed by atoms with Crippen molar-refractivity contribution < 1.29 is 37.0 Å². The number of hydrogen-bond donors (Lipinski definition) is 1. The number of ether oxygens (including phenoxy) is 3. The highest BCUT2D eigenvalue weighted by atomic mass is 19.4. The molecule has 2 aliphatic rings. The summed E-state index contributed by atoms with van der Waals surface area (Å²) in [5, 5.41) is 6.08. The maximum Gasteiger partial charge on any atom is 0.435 e. The topological polar surface area (TPSA) is 97.0 Å². The number of carbonyl (C=O) groups is 2. The lowest BCUT2D eigenvalue weighted by molar-refractivity contribution is -0.142. The summed E-state index contributed by atoms with van der Waals surface area (Å²) in [6.45, 7) is 12.7. The van der Waals surface area contributed by atoms with Crippen LogP contribution in [0.4, 0.5) is 13.2 Å². The molecule has 2 aliphatic heterocycles. The fourth-order valence-electron chi connectivity index (χ4n) is 5.15. The molecule has 1 aromatic carbocycles. The molecule has 1 fully saturated rings. The summed E-state index contributed by atoms with van der Waals surface area (Å²) >= 11 is 0. The Balaban J connectivity index is 1.68. The zero-order valence-electron chi connectivity index (χ0n) is 24.1. The molecule has 0 atom stereocenters. The zero-order chi connectivity index (χ0) is 29.9. The Labute approximate surface area is 237 Å². The summed E-state index contributed by atoms with van der Waals surface area (Å²) in [7, 11) is 0. The molecular formula is C29H37F3N4O5. The third kappa shape index (κ3) is 6.75. The van der Waals surface area contributed by atoms with Crippen LogP contribution >= 0.6 is 0 Å². The molecule has 224 valence electrons. The van der Waals surface area contributed by atoms with Crippen molar-refractivity contribution in [3.05, 3.63) is 52.5 Å². The van der Waals surface area contributed by atoms with Gasteiger partial charge >= 0.3 is 12.1 Å². The number of rotatable bonds is 8. The molecule has 9 nitrogen and oxygen atoms in total. The first kappa shape index (κ1) is 30.6. The minimum Gasteiger partial charge on any atom is -0.492 e. The Bertz CT molecular complexity index is 1280. The van der Waals surface area contributed by atoms with E-state index in [9.17, 15) is 22.8 Å². The van der Waals surface area contributed by atoms with Gasteiger partial charge in [-0.05, 0) is 44.5 Å². The number of nitrogens with zero attached hydrogens (tertiary/aromatic N) is 3. The number of aromatic nitrogens is 2. The highest BCUT2D eigenvalue weighted by Crippen LogP contribution is 2.44. The first-order valence-corrected chi connectivity index (χ1v) is 13.8. The van der Waals surface area contributed by atoms with Gasteiger partial charge in [0, 0.05) is 48.4 Å².